The maximum absolute atomic E-state index is 12.3. The molecule has 0 aliphatic rings. The highest BCUT2D eigenvalue weighted by Gasteiger charge is 2.05. The first-order valence-corrected chi connectivity index (χ1v) is 9.13. The van der Waals surface area contributed by atoms with Crippen LogP contribution in [-0.2, 0) is 11.9 Å². The Morgan fingerprint density at radius 1 is 1.00 bits per heavy atom. The minimum absolute atomic E-state index is 0.00406. The zero-order valence-electron chi connectivity index (χ0n) is 13.4. The fraction of sp³-hybridized carbons (Fsp3) is 0.100. The highest BCUT2D eigenvalue weighted by Crippen LogP contribution is 2.22. The van der Waals surface area contributed by atoms with Gasteiger partial charge in [-0.25, -0.2) is 0 Å². The number of rotatable bonds is 4. The number of aromatic nitrogens is 3. The van der Waals surface area contributed by atoms with Gasteiger partial charge in [0, 0.05) is 23.0 Å². The standard InChI is InChI=1S/C20H16BrN3O/c21-10-14-2-1-3-15(8-14)12-24-13-18(6-7-20(24)25)16-4-5-17-11-22-23-19(17)9-16/h1-9,11,13H,10,12H2,(H,22,23). The van der Waals surface area contributed by atoms with Crippen LogP contribution in [0, 0.1) is 0 Å². The largest absolute Gasteiger partial charge is 0.310 e. The molecule has 4 rings (SSSR count). The Morgan fingerprint density at radius 3 is 2.72 bits per heavy atom. The summed E-state index contributed by atoms with van der Waals surface area (Å²) in [6, 6.07) is 17.9. The molecule has 2 aromatic heterocycles. The van der Waals surface area contributed by atoms with E-state index < -0.39 is 0 Å². The monoisotopic (exact) mass is 393 g/mol. The quantitative estimate of drug-likeness (QED) is 0.524. The summed E-state index contributed by atoms with van der Waals surface area (Å²) in [6.07, 6.45) is 3.72. The molecule has 0 unspecified atom stereocenters. The fourth-order valence-electron chi connectivity index (χ4n) is 2.95. The first-order chi connectivity index (χ1) is 12.2. The van der Waals surface area contributed by atoms with Crippen molar-refractivity contribution in [3.8, 4) is 11.1 Å². The van der Waals surface area contributed by atoms with Gasteiger partial charge in [-0.2, -0.15) is 5.10 Å². The summed E-state index contributed by atoms with van der Waals surface area (Å²) in [5.41, 5.74) is 5.36. The first-order valence-electron chi connectivity index (χ1n) is 8.01. The van der Waals surface area contributed by atoms with E-state index in [1.165, 1.54) is 5.56 Å². The minimum atomic E-state index is -0.00406. The van der Waals surface area contributed by atoms with Crippen LogP contribution in [0.5, 0.6) is 0 Å². The number of alkyl halides is 1. The van der Waals surface area contributed by atoms with Crippen molar-refractivity contribution in [2.45, 2.75) is 11.9 Å². The molecule has 0 radical (unpaired) electrons. The number of benzene rings is 2. The van der Waals surface area contributed by atoms with E-state index in [4.69, 9.17) is 0 Å². The average molecular weight is 394 g/mol. The zero-order valence-corrected chi connectivity index (χ0v) is 15.0. The molecule has 4 aromatic rings. The molecule has 25 heavy (non-hydrogen) atoms. The first kappa shape index (κ1) is 15.8. The molecule has 0 fully saturated rings. The molecular formula is C20H16BrN3O. The number of fused-ring (bicyclic) bond motifs is 1. The predicted molar refractivity (Wildman–Crippen MR) is 104 cm³/mol. The number of aromatic amines is 1. The second-order valence-corrected chi connectivity index (χ2v) is 6.57. The molecule has 0 bridgehead atoms. The van der Waals surface area contributed by atoms with Crippen molar-refractivity contribution in [2.24, 2.45) is 0 Å². The number of pyridine rings is 1. The predicted octanol–water partition coefficient (Wildman–Crippen LogP) is 4.33. The van der Waals surface area contributed by atoms with Gasteiger partial charge in [0.25, 0.3) is 5.56 Å². The maximum Gasteiger partial charge on any atom is 0.250 e. The van der Waals surface area contributed by atoms with Crippen molar-refractivity contribution in [1.82, 2.24) is 14.8 Å². The van der Waals surface area contributed by atoms with Gasteiger partial charge in [-0.1, -0.05) is 52.3 Å². The lowest BCUT2D eigenvalue weighted by atomic mass is 10.1. The molecule has 2 heterocycles. The Bertz CT molecular complexity index is 1100. The Balaban J connectivity index is 1.71. The highest BCUT2D eigenvalue weighted by atomic mass is 79.9. The van der Waals surface area contributed by atoms with Gasteiger partial charge in [0.1, 0.15) is 0 Å². The molecule has 0 spiro atoms. The van der Waals surface area contributed by atoms with Crippen molar-refractivity contribution in [3.05, 3.63) is 88.5 Å². The van der Waals surface area contributed by atoms with Crippen LogP contribution in [0.1, 0.15) is 11.1 Å². The van der Waals surface area contributed by atoms with Crippen LogP contribution >= 0.6 is 15.9 Å². The van der Waals surface area contributed by atoms with Gasteiger partial charge in [0.15, 0.2) is 0 Å². The van der Waals surface area contributed by atoms with E-state index in [1.54, 1.807) is 16.8 Å². The van der Waals surface area contributed by atoms with Crippen molar-refractivity contribution in [3.63, 3.8) is 0 Å². The number of H-pyrrole nitrogens is 1. The lowest BCUT2D eigenvalue weighted by Gasteiger charge is -2.10. The van der Waals surface area contributed by atoms with E-state index in [2.05, 4.69) is 44.3 Å². The molecule has 4 nitrogen and oxygen atoms in total. The van der Waals surface area contributed by atoms with Gasteiger partial charge in [-0.3, -0.25) is 9.89 Å². The molecule has 2 aromatic carbocycles. The Kier molecular flexibility index (Phi) is 4.24. The van der Waals surface area contributed by atoms with E-state index in [0.717, 1.165) is 32.9 Å². The summed E-state index contributed by atoms with van der Waals surface area (Å²) >= 11 is 3.47. The van der Waals surface area contributed by atoms with E-state index in [-0.39, 0.29) is 5.56 Å². The summed E-state index contributed by atoms with van der Waals surface area (Å²) < 4.78 is 1.75. The summed E-state index contributed by atoms with van der Waals surface area (Å²) in [6.45, 7) is 0.555. The molecule has 0 saturated heterocycles. The molecule has 0 aliphatic heterocycles. The third-order valence-electron chi connectivity index (χ3n) is 4.26. The number of hydrogen-bond donors (Lipinski definition) is 1. The lowest BCUT2D eigenvalue weighted by Crippen LogP contribution is -2.19. The third-order valence-corrected chi connectivity index (χ3v) is 4.90. The average Bonchev–Trinajstić information content (AvgIpc) is 3.11. The van der Waals surface area contributed by atoms with Crippen LogP contribution in [0.3, 0.4) is 0 Å². The van der Waals surface area contributed by atoms with Crippen molar-refractivity contribution < 1.29 is 0 Å². The number of nitrogens with one attached hydrogen (secondary N) is 1. The second kappa shape index (κ2) is 6.69. The number of hydrogen-bond acceptors (Lipinski definition) is 2. The summed E-state index contributed by atoms with van der Waals surface area (Å²) in [5, 5.41) is 8.92. The zero-order chi connectivity index (χ0) is 17.2. The van der Waals surface area contributed by atoms with Crippen LogP contribution in [0.25, 0.3) is 22.0 Å². The Hall–Kier alpha value is -2.66. The normalized spacial score (nSPS) is 11.1. The lowest BCUT2D eigenvalue weighted by molar-refractivity contribution is 0.760. The second-order valence-electron chi connectivity index (χ2n) is 6.01. The molecule has 0 saturated carbocycles. The number of nitrogens with zero attached hydrogens (tertiary/aromatic N) is 2. The molecular weight excluding hydrogens is 378 g/mol. The Labute approximate surface area is 153 Å². The van der Waals surface area contributed by atoms with Gasteiger partial charge in [-0.15, -0.1) is 0 Å². The molecule has 0 amide bonds. The summed E-state index contributed by atoms with van der Waals surface area (Å²) in [7, 11) is 0. The summed E-state index contributed by atoms with van der Waals surface area (Å²) in [5.74, 6) is 0. The molecule has 0 atom stereocenters. The van der Waals surface area contributed by atoms with Crippen LogP contribution in [0.4, 0.5) is 0 Å². The van der Waals surface area contributed by atoms with Crippen LogP contribution in [0.15, 0.2) is 71.8 Å². The molecule has 124 valence electrons. The topological polar surface area (TPSA) is 50.7 Å². The fourth-order valence-corrected chi connectivity index (χ4v) is 3.30. The van der Waals surface area contributed by atoms with Gasteiger partial charge < -0.3 is 4.57 Å². The van der Waals surface area contributed by atoms with Gasteiger partial charge in [0.2, 0.25) is 0 Å². The third kappa shape index (κ3) is 3.28. The van der Waals surface area contributed by atoms with Crippen LogP contribution in [-0.4, -0.2) is 14.8 Å². The molecule has 0 aliphatic carbocycles. The van der Waals surface area contributed by atoms with Crippen molar-refractivity contribution in [2.75, 3.05) is 0 Å². The Morgan fingerprint density at radius 2 is 1.84 bits per heavy atom. The summed E-state index contributed by atoms with van der Waals surface area (Å²) in [4.78, 5) is 12.3. The highest BCUT2D eigenvalue weighted by molar-refractivity contribution is 9.08. The van der Waals surface area contributed by atoms with E-state index in [1.807, 2.05) is 36.5 Å². The van der Waals surface area contributed by atoms with Crippen molar-refractivity contribution in [1.29, 1.82) is 0 Å². The number of halogens is 1. The smallest absolute Gasteiger partial charge is 0.250 e. The van der Waals surface area contributed by atoms with Gasteiger partial charge >= 0.3 is 0 Å². The van der Waals surface area contributed by atoms with E-state index in [9.17, 15) is 4.79 Å². The van der Waals surface area contributed by atoms with Crippen molar-refractivity contribution >= 4 is 26.8 Å². The molecule has 1 N–H and O–H groups in total. The van der Waals surface area contributed by atoms with Crippen LogP contribution in [0.2, 0.25) is 0 Å². The maximum atomic E-state index is 12.3. The van der Waals surface area contributed by atoms with Gasteiger partial charge in [-0.05, 0) is 34.4 Å². The van der Waals surface area contributed by atoms with E-state index >= 15 is 0 Å². The van der Waals surface area contributed by atoms with Crippen LogP contribution < -0.4 is 5.56 Å². The minimum Gasteiger partial charge on any atom is -0.310 e. The van der Waals surface area contributed by atoms with E-state index in [0.29, 0.717) is 6.54 Å². The SMILES string of the molecule is O=c1ccc(-c2ccc3cn[nH]c3c2)cn1Cc1cccc(CBr)c1. The van der Waals surface area contributed by atoms with Gasteiger partial charge in [0.05, 0.1) is 18.3 Å². The molecule has 5 heteroatoms.